The first-order chi connectivity index (χ1) is 23.2. The third-order valence-corrected chi connectivity index (χ3v) is 4.32. The number of hydrogen-bond donors (Lipinski definition) is 0. The minimum absolute atomic E-state index is 0. The zero-order valence-electron chi connectivity index (χ0n) is 28.0. The van der Waals surface area contributed by atoms with Crippen LogP contribution in [0, 0.1) is 0 Å². The van der Waals surface area contributed by atoms with Crippen LogP contribution >= 0.6 is 0 Å². The van der Waals surface area contributed by atoms with Crippen molar-refractivity contribution in [3.63, 3.8) is 0 Å². The van der Waals surface area contributed by atoms with Crippen LogP contribution in [0.2, 0.25) is 0 Å². The van der Waals surface area contributed by atoms with Gasteiger partial charge in [0.1, 0.15) is 31.6 Å². The highest BCUT2D eigenvalue weighted by Gasteiger charge is 1.75. The van der Waals surface area contributed by atoms with Crippen molar-refractivity contribution in [2.75, 3.05) is 0 Å². The van der Waals surface area contributed by atoms with Gasteiger partial charge >= 0.3 is 0 Å². The van der Waals surface area contributed by atoms with Gasteiger partial charge in [-0.3, -0.25) is 14.0 Å². The molecule has 0 bridgehead atoms. The standard InChI is InChI=1S/2C4H6N2.4C3H5N3.2C2H4N4.7CH4/c1-6-3-2-5-4-6;1-6-4-2-3-5-6;1-6-2-4-5-3-6;1-6-3-4-2-5-6;1-6-3-2-4-5-6;1-6-4-2-3-5-6;1-6-2-3-4-5-6;1-6-4-2-3-5-6;;;;;;;/h2*2-4H,1H3;4*2-3H,1H3;2*2H,1H3;7*1H4. The molecule has 8 aromatic rings. The van der Waals surface area contributed by atoms with E-state index in [1.54, 1.807) is 102 Å². The fraction of sp³-hybridized carbons (Fsp3) is 0.484. The van der Waals surface area contributed by atoms with Crippen molar-refractivity contribution < 1.29 is 0 Å². The molecule has 8 heterocycles. The largest absolute Gasteiger partial charge is 0.341 e. The molecule has 0 radical (unpaired) electrons. The molecule has 24 heteroatoms. The van der Waals surface area contributed by atoms with Crippen LogP contribution in [0.3, 0.4) is 0 Å². The second-order valence-corrected chi connectivity index (χ2v) is 8.61. The highest BCUT2D eigenvalue weighted by molar-refractivity contribution is 4.75. The normalized spacial score (nSPS) is 7.71. The third-order valence-electron chi connectivity index (χ3n) is 4.32. The average Bonchev–Trinajstić information content (AvgIpc) is 3.87. The molecule has 0 fully saturated rings. The maximum absolute atomic E-state index is 3.83. The van der Waals surface area contributed by atoms with Gasteiger partial charge in [-0.15, -0.1) is 30.6 Å². The Kier molecular flexibility index (Phi) is 47.7. The lowest BCUT2D eigenvalue weighted by Gasteiger charge is -1.77. The lowest BCUT2D eigenvalue weighted by Crippen LogP contribution is -1.90. The van der Waals surface area contributed by atoms with E-state index >= 15 is 0 Å². The predicted molar refractivity (Wildman–Crippen MR) is 215 cm³/mol. The van der Waals surface area contributed by atoms with E-state index in [2.05, 4.69) is 81.8 Å². The van der Waals surface area contributed by atoms with E-state index in [0.717, 1.165) is 0 Å². The van der Waals surface area contributed by atoms with E-state index < -0.39 is 0 Å². The van der Waals surface area contributed by atoms with Crippen molar-refractivity contribution in [3.8, 4) is 0 Å². The Labute approximate surface area is 327 Å². The van der Waals surface area contributed by atoms with Crippen molar-refractivity contribution in [2.24, 2.45) is 56.4 Å². The van der Waals surface area contributed by atoms with E-state index in [-0.39, 0.29) is 52.0 Å². The van der Waals surface area contributed by atoms with Crippen molar-refractivity contribution >= 4 is 0 Å². The SMILES string of the molecule is C.C.C.C.C.C.C.Cn1cccn1.Cn1ccnc1.Cn1ccnn1.Cn1cncn1.Cn1cnnc1.Cn1cnnn1.Cn1nccn1.Cn1ncnn1. The Morgan fingerprint density at radius 2 is 1.00 bits per heavy atom. The van der Waals surface area contributed by atoms with E-state index in [1.807, 2.05) is 58.3 Å². The van der Waals surface area contributed by atoms with E-state index in [0.29, 0.717) is 0 Å². The molecule has 0 saturated carbocycles. The van der Waals surface area contributed by atoms with Gasteiger partial charge in [-0.1, -0.05) is 57.2 Å². The van der Waals surface area contributed by atoms with Crippen molar-refractivity contribution in [2.45, 2.75) is 52.0 Å². The van der Waals surface area contributed by atoms with Crippen LogP contribution in [-0.4, -0.2) is 119 Å². The van der Waals surface area contributed by atoms with E-state index in [9.17, 15) is 0 Å². The van der Waals surface area contributed by atoms with Gasteiger partial charge in [-0.25, -0.2) is 14.6 Å². The number of hydrogen-bond acceptors (Lipinski definition) is 16. The zero-order valence-corrected chi connectivity index (χ0v) is 28.0. The van der Waals surface area contributed by atoms with Gasteiger partial charge in [-0.05, 0) is 21.7 Å². The number of imidazole rings is 1. The highest BCUT2D eigenvalue weighted by atomic mass is 15.6. The summed E-state index contributed by atoms with van der Waals surface area (Å²) in [7, 11) is 14.6. The molecule has 0 aromatic carbocycles. The molecule has 0 aliphatic rings. The summed E-state index contributed by atoms with van der Waals surface area (Å²) in [5, 5.41) is 49.9. The van der Waals surface area contributed by atoms with Crippen LogP contribution in [-0.2, 0) is 56.4 Å². The molecule has 8 rings (SSSR count). The van der Waals surface area contributed by atoms with Gasteiger partial charge in [0.15, 0.2) is 6.33 Å². The number of aromatic nitrogens is 24. The molecule has 55 heavy (non-hydrogen) atoms. The second-order valence-electron chi connectivity index (χ2n) is 8.61. The topological polar surface area (TPSA) is 246 Å². The zero-order chi connectivity index (χ0) is 35.2. The summed E-state index contributed by atoms with van der Waals surface area (Å²) in [6.45, 7) is 0. The first-order valence-electron chi connectivity index (χ1n) is 13.5. The monoisotopic (exact) mass is 777 g/mol. The molecule has 0 aliphatic carbocycles. The Bertz CT molecular complexity index is 1270. The minimum Gasteiger partial charge on any atom is -0.341 e. The maximum Gasteiger partial charge on any atom is 0.162 e. The maximum atomic E-state index is 3.83. The average molecular weight is 777 g/mol. The van der Waals surface area contributed by atoms with Gasteiger partial charge in [0.25, 0.3) is 0 Å². The molecule has 0 N–H and O–H groups in total. The van der Waals surface area contributed by atoms with Crippen molar-refractivity contribution in [1.82, 2.24) is 119 Å². The van der Waals surface area contributed by atoms with Gasteiger partial charge in [-0.2, -0.15) is 30.0 Å². The predicted octanol–water partition coefficient (Wildman–Crippen LogP) is 2.97. The van der Waals surface area contributed by atoms with Crippen LogP contribution in [0.15, 0.2) is 99.9 Å². The molecule has 0 saturated heterocycles. The van der Waals surface area contributed by atoms with Gasteiger partial charge in [0, 0.05) is 80.3 Å². The lowest BCUT2D eigenvalue weighted by atomic mass is 10.8. The molecule has 0 aliphatic heterocycles. The Hall–Kier alpha value is -6.88. The number of aryl methyl sites for hydroxylation is 8. The van der Waals surface area contributed by atoms with Crippen LogP contribution < -0.4 is 0 Å². The summed E-state index contributed by atoms with van der Waals surface area (Å²) in [4.78, 5) is 10.3. The highest BCUT2D eigenvalue weighted by Crippen LogP contribution is 1.74. The Morgan fingerprint density at radius 3 is 1.15 bits per heavy atom. The summed E-state index contributed by atoms with van der Waals surface area (Å²) in [5.41, 5.74) is 0. The molecule has 8 aromatic heterocycles. The summed E-state index contributed by atoms with van der Waals surface area (Å²) >= 11 is 0. The van der Waals surface area contributed by atoms with Crippen LogP contribution in [0.25, 0.3) is 0 Å². The summed E-state index contributed by atoms with van der Waals surface area (Å²) in [6.07, 6.45) is 25.1. The molecule has 0 spiro atoms. The summed E-state index contributed by atoms with van der Waals surface area (Å²) in [6, 6.07) is 1.89. The number of nitrogens with zero attached hydrogens (tertiary/aromatic N) is 24. The summed E-state index contributed by atoms with van der Waals surface area (Å²) < 4.78 is 10.2. The Balaban J connectivity index is -0.0000000940. The molecular formula is C31H68N24. The second kappa shape index (κ2) is 41.5. The van der Waals surface area contributed by atoms with Gasteiger partial charge in [0.05, 0.1) is 32.0 Å². The van der Waals surface area contributed by atoms with Gasteiger partial charge in [0.2, 0.25) is 0 Å². The first kappa shape index (κ1) is 63.2. The fourth-order valence-electron chi connectivity index (χ4n) is 2.17. The first-order valence-corrected chi connectivity index (χ1v) is 13.5. The van der Waals surface area contributed by atoms with E-state index in [4.69, 9.17) is 0 Å². The fourth-order valence-corrected chi connectivity index (χ4v) is 2.17. The number of tetrazole rings is 2. The van der Waals surface area contributed by atoms with Crippen LogP contribution in [0.4, 0.5) is 0 Å². The lowest BCUT2D eigenvalue weighted by molar-refractivity contribution is 0.630. The Morgan fingerprint density at radius 1 is 0.345 bits per heavy atom. The third kappa shape index (κ3) is 39.8. The molecular weight excluding hydrogens is 709 g/mol. The molecule has 312 valence electrons. The number of rotatable bonds is 0. The molecule has 24 nitrogen and oxygen atoms in total. The van der Waals surface area contributed by atoms with Crippen LogP contribution in [0.5, 0.6) is 0 Å². The smallest absolute Gasteiger partial charge is 0.162 e. The van der Waals surface area contributed by atoms with Crippen LogP contribution in [0.1, 0.15) is 52.0 Å². The van der Waals surface area contributed by atoms with Crippen molar-refractivity contribution in [3.05, 3.63) is 99.9 Å². The molecule has 0 atom stereocenters. The quantitative estimate of drug-likeness (QED) is 0.215. The van der Waals surface area contributed by atoms with Crippen molar-refractivity contribution in [1.29, 1.82) is 0 Å². The van der Waals surface area contributed by atoms with Gasteiger partial charge < -0.3 is 9.13 Å². The minimum atomic E-state index is 0. The molecule has 0 unspecified atom stereocenters. The molecule has 0 amide bonds. The summed E-state index contributed by atoms with van der Waals surface area (Å²) in [5.74, 6) is 0. The van der Waals surface area contributed by atoms with E-state index in [1.165, 1.54) is 33.3 Å².